The molecule has 2 aromatic carbocycles. The van der Waals surface area contributed by atoms with Gasteiger partial charge in [-0.15, -0.1) is 0 Å². The van der Waals surface area contributed by atoms with Gasteiger partial charge in [-0.25, -0.2) is 9.59 Å². The Labute approximate surface area is 158 Å². The van der Waals surface area contributed by atoms with Crippen LogP contribution in [-0.4, -0.2) is 30.1 Å². The van der Waals surface area contributed by atoms with Crippen LogP contribution in [0.1, 0.15) is 49.4 Å². The van der Waals surface area contributed by atoms with Gasteiger partial charge in [0, 0.05) is 6.04 Å². The minimum Gasteiger partial charge on any atom is -0.449 e. The van der Waals surface area contributed by atoms with E-state index in [1.54, 1.807) is 12.1 Å². The molecule has 27 heavy (non-hydrogen) atoms. The maximum Gasteiger partial charge on any atom is 0.338 e. The summed E-state index contributed by atoms with van der Waals surface area (Å²) in [6, 6.07) is 12.4. The summed E-state index contributed by atoms with van der Waals surface area (Å²) in [6.45, 7) is 1.45. The van der Waals surface area contributed by atoms with E-state index >= 15 is 0 Å². The smallest absolute Gasteiger partial charge is 0.338 e. The number of carbonyl (C=O) groups excluding carboxylic acids is 3. The van der Waals surface area contributed by atoms with Crippen molar-refractivity contribution < 1.29 is 19.1 Å². The average molecular weight is 368 g/mol. The molecular formula is C21H24N2O4. The second kappa shape index (κ2) is 8.66. The molecule has 6 nitrogen and oxygen atoms in total. The van der Waals surface area contributed by atoms with Crippen LogP contribution < -0.4 is 10.6 Å². The van der Waals surface area contributed by atoms with Gasteiger partial charge >= 0.3 is 12.0 Å². The highest BCUT2D eigenvalue weighted by molar-refractivity contribution is 5.99. The monoisotopic (exact) mass is 368 g/mol. The molecule has 0 aliphatic heterocycles. The minimum absolute atomic E-state index is 0.0991. The summed E-state index contributed by atoms with van der Waals surface area (Å²) in [7, 11) is 0. The molecule has 0 spiro atoms. The van der Waals surface area contributed by atoms with Gasteiger partial charge in [0.25, 0.3) is 5.91 Å². The Hall–Kier alpha value is -2.89. The van der Waals surface area contributed by atoms with Crippen LogP contribution in [-0.2, 0) is 9.53 Å². The number of benzene rings is 2. The summed E-state index contributed by atoms with van der Waals surface area (Å²) in [6.07, 6.45) is 4.13. The van der Waals surface area contributed by atoms with Crippen LogP contribution in [0, 0.1) is 0 Å². The highest BCUT2D eigenvalue weighted by Crippen LogP contribution is 2.18. The molecule has 1 saturated carbocycles. The van der Waals surface area contributed by atoms with E-state index in [-0.39, 0.29) is 6.04 Å². The third-order valence-electron chi connectivity index (χ3n) is 4.82. The van der Waals surface area contributed by atoms with Crippen LogP contribution in [0.3, 0.4) is 0 Å². The first-order valence-electron chi connectivity index (χ1n) is 9.34. The summed E-state index contributed by atoms with van der Waals surface area (Å²) in [5, 5.41) is 6.97. The molecule has 0 aromatic heterocycles. The van der Waals surface area contributed by atoms with Crippen LogP contribution >= 0.6 is 0 Å². The van der Waals surface area contributed by atoms with Gasteiger partial charge in [0.15, 0.2) is 6.10 Å². The molecule has 1 unspecified atom stereocenters. The van der Waals surface area contributed by atoms with E-state index in [9.17, 15) is 14.4 Å². The number of imide groups is 1. The number of rotatable bonds is 4. The number of hydrogen-bond acceptors (Lipinski definition) is 4. The quantitative estimate of drug-likeness (QED) is 0.809. The second-order valence-corrected chi connectivity index (χ2v) is 6.91. The highest BCUT2D eigenvalue weighted by atomic mass is 16.5. The van der Waals surface area contributed by atoms with Crippen molar-refractivity contribution in [3.05, 3.63) is 48.0 Å². The molecule has 2 aromatic rings. The van der Waals surface area contributed by atoms with Crippen LogP contribution in [0.15, 0.2) is 42.5 Å². The molecule has 0 saturated heterocycles. The lowest BCUT2D eigenvalue weighted by Crippen LogP contribution is -2.48. The highest BCUT2D eigenvalue weighted by Gasteiger charge is 2.22. The molecule has 0 radical (unpaired) electrons. The van der Waals surface area contributed by atoms with E-state index in [0.717, 1.165) is 36.5 Å². The molecule has 1 aliphatic carbocycles. The zero-order chi connectivity index (χ0) is 19.2. The van der Waals surface area contributed by atoms with Gasteiger partial charge in [-0.3, -0.25) is 10.1 Å². The second-order valence-electron chi connectivity index (χ2n) is 6.91. The molecule has 2 N–H and O–H groups in total. The van der Waals surface area contributed by atoms with Crippen LogP contribution in [0.2, 0.25) is 0 Å². The fourth-order valence-electron chi connectivity index (χ4n) is 3.28. The van der Waals surface area contributed by atoms with Crippen LogP contribution in [0.4, 0.5) is 4.79 Å². The molecule has 6 heteroatoms. The van der Waals surface area contributed by atoms with Gasteiger partial charge in [0.1, 0.15) is 0 Å². The number of nitrogens with one attached hydrogen (secondary N) is 2. The van der Waals surface area contributed by atoms with E-state index in [0.29, 0.717) is 5.56 Å². The number of hydrogen-bond donors (Lipinski definition) is 2. The van der Waals surface area contributed by atoms with E-state index in [1.807, 2.05) is 30.3 Å². The van der Waals surface area contributed by atoms with Gasteiger partial charge in [-0.2, -0.15) is 0 Å². The Morgan fingerprint density at radius 3 is 2.44 bits per heavy atom. The van der Waals surface area contributed by atoms with Crippen molar-refractivity contribution in [2.24, 2.45) is 0 Å². The third kappa shape index (κ3) is 5.06. The van der Waals surface area contributed by atoms with Crippen molar-refractivity contribution in [2.75, 3.05) is 0 Å². The molecule has 3 rings (SSSR count). The van der Waals surface area contributed by atoms with Crippen molar-refractivity contribution in [3.63, 3.8) is 0 Å². The summed E-state index contributed by atoms with van der Waals surface area (Å²) < 4.78 is 5.21. The third-order valence-corrected chi connectivity index (χ3v) is 4.82. The van der Waals surface area contributed by atoms with Gasteiger partial charge < -0.3 is 10.1 Å². The Bertz CT molecular complexity index is 843. The Balaban J connectivity index is 1.53. The molecule has 0 heterocycles. The number of ether oxygens (including phenoxy) is 1. The Morgan fingerprint density at radius 2 is 1.70 bits per heavy atom. The van der Waals surface area contributed by atoms with Crippen molar-refractivity contribution in [3.8, 4) is 0 Å². The number of amides is 3. The van der Waals surface area contributed by atoms with Gasteiger partial charge in [-0.1, -0.05) is 49.6 Å². The van der Waals surface area contributed by atoms with Gasteiger partial charge in [0.2, 0.25) is 0 Å². The van der Waals surface area contributed by atoms with Crippen LogP contribution in [0.5, 0.6) is 0 Å². The lowest BCUT2D eigenvalue weighted by Gasteiger charge is -2.23. The van der Waals surface area contributed by atoms with E-state index in [4.69, 9.17) is 4.74 Å². The van der Waals surface area contributed by atoms with Crippen molar-refractivity contribution in [1.82, 2.24) is 10.6 Å². The first-order chi connectivity index (χ1) is 13.0. The largest absolute Gasteiger partial charge is 0.449 e. The molecule has 1 aliphatic rings. The number of carbonyl (C=O) groups is 3. The normalized spacial score (nSPS) is 15.7. The number of fused-ring (bicyclic) bond motifs is 1. The number of esters is 1. The summed E-state index contributed by atoms with van der Waals surface area (Å²) in [5.41, 5.74) is 0.361. The summed E-state index contributed by atoms with van der Waals surface area (Å²) in [4.78, 5) is 36.4. The average Bonchev–Trinajstić information content (AvgIpc) is 2.68. The fraction of sp³-hybridized carbons (Fsp3) is 0.381. The Morgan fingerprint density at radius 1 is 1.00 bits per heavy atom. The zero-order valence-electron chi connectivity index (χ0n) is 15.4. The Kier molecular flexibility index (Phi) is 6.06. The molecule has 3 amide bonds. The van der Waals surface area contributed by atoms with Crippen LogP contribution in [0.25, 0.3) is 10.8 Å². The number of urea groups is 1. The van der Waals surface area contributed by atoms with Crippen molar-refractivity contribution in [1.29, 1.82) is 0 Å². The van der Waals surface area contributed by atoms with E-state index in [1.165, 1.54) is 13.3 Å². The topological polar surface area (TPSA) is 84.5 Å². The molecule has 0 bridgehead atoms. The molecular weight excluding hydrogens is 344 g/mol. The van der Waals surface area contributed by atoms with Gasteiger partial charge in [-0.05, 0) is 42.7 Å². The molecule has 1 atom stereocenters. The van der Waals surface area contributed by atoms with Gasteiger partial charge in [0.05, 0.1) is 5.56 Å². The molecule has 142 valence electrons. The SMILES string of the molecule is CC(OC(=O)c1ccc2ccccc2c1)C(=O)NC(=O)NC1CCCCC1. The van der Waals surface area contributed by atoms with E-state index < -0.39 is 24.0 Å². The summed E-state index contributed by atoms with van der Waals surface area (Å²) >= 11 is 0. The fourth-order valence-corrected chi connectivity index (χ4v) is 3.28. The summed E-state index contributed by atoms with van der Waals surface area (Å²) in [5.74, 6) is -1.24. The minimum atomic E-state index is -1.07. The van der Waals surface area contributed by atoms with E-state index in [2.05, 4.69) is 10.6 Å². The maximum atomic E-state index is 12.3. The van der Waals surface area contributed by atoms with Crippen molar-refractivity contribution >= 4 is 28.7 Å². The first-order valence-corrected chi connectivity index (χ1v) is 9.34. The predicted molar refractivity (Wildman–Crippen MR) is 102 cm³/mol. The first kappa shape index (κ1) is 18.9. The lowest BCUT2D eigenvalue weighted by molar-refractivity contribution is -0.127. The lowest BCUT2D eigenvalue weighted by atomic mass is 9.96. The molecule has 1 fully saturated rings. The maximum absolute atomic E-state index is 12.3. The van der Waals surface area contributed by atoms with Crippen molar-refractivity contribution in [2.45, 2.75) is 51.2 Å². The standard InChI is InChI=1S/C21H24N2O4/c1-14(19(24)23-21(26)22-18-9-3-2-4-10-18)27-20(25)17-12-11-15-7-5-6-8-16(15)13-17/h5-8,11-14,18H,2-4,9-10H2,1H3,(H2,22,23,24,26). The predicted octanol–water partition coefficient (Wildman–Crippen LogP) is 3.54. The zero-order valence-corrected chi connectivity index (χ0v) is 15.4.